The number of hydrogen-bond donors (Lipinski definition) is 1. The zero-order valence-electron chi connectivity index (χ0n) is 11.3. The normalized spacial score (nSPS) is 35.1. The Bertz CT molecular complexity index is 216. The van der Waals surface area contributed by atoms with E-state index in [1.165, 1.54) is 44.4 Å². The summed E-state index contributed by atoms with van der Waals surface area (Å²) in [6.45, 7) is 6.69. The Morgan fingerprint density at radius 3 is 2.88 bits per heavy atom. The quantitative estimate of drug-likeness (QED) is 0.836. The second-order valence-electron chi connectivity index (χ2n) is 5.77. The first-order valence-corrected chi connectivity index (χ1v) is 8.27. The summed E-state index contributed by atoms with van der Waals surface area (Å²) in [7, 11) is 0. The molecule has 2 rings (SSSR count). The van der Waals surface area contributed by atoms with Gasteiger partial charge in [-0.3, -0.25) is 0 Å². The van der Waals surface area contributed by atoms with Gasteiger partial charge in [0, 0.05) is 24.4 Å². The molecule has 3 unspecified atom stereocenters. The molecule has 3 heteroatoms. The first-order chi connectivity index (χ1) is 8.25. The summed E-state index contributed by atoms with van der Waals surface area (Å²) in [4.78, 5) is 0. The van der Waals surface area contributed by atoms with Gasteiger partial charge in [-0.05, 0) is 37.4 Å². The molecule has 17 heavy (non-hydrogen) atoms. The molecular formula is C14H27NOS. The average Bonchev–Trinajstić information content (AvgIpc) is 2.38. The Balaban J connectivity index is 1.67. The molecule has 2 saturated heterocycles. The van der Waals surface area contributed by atoms with Crippen molar-refractivity contribution in [1.82, 2.24) is 5.32 Å². The molecule has 0 spiro atoms. The minimum Gasteiger partial charge on any atom is -0.378 e. The summed E-state index contributed by atoms with van der Waals surface area (Å²) in [6.07, 6.45) is 7.14. The van der Waals surface area contributed by atoms with Crippen LogP contribution in [0.5, 0.6) is 0 Å². The van der Waals surface area contributed by atoms with Crippen LogP contribution < -0.4 is 5.32 Å². The van der Waals surface area contributed by atoms with E-state index in [1.54, 1.807) is 0 Å². The smallest absolute Gasteiger partial charge is 0.0612 e. The fourth-order valence-corrected chi connectivity index (χ4v) is 4.00. The van der Waals surface area contributed by atoms with Crippen molar-refractivity contribution in [2.75, 3.05) is 18.9 Å². The molecule has 0 aromatic rings. The standard InChI is InChI=1S/C14H27NOS/c1-11(2)14-9-12(6-7-16-14)15-10-13-5-3-4-8-17-13/h11-15H,3-10H2,1-2H3. The monoisotopic (exact) mass is 257 g/mol. The van der Waals surface area contributed by atoms with Crippen molar-refractivity contribution in [3.8, 4) is 0 Å². The Hall–Kier alpha value is 0.270. The van der Waals surface area contributed by atoms with Gasteiger partial charge in [-0.25, -0.2) is 0 Å². The second kappa shape index (κ2) is 7.01. The van der Waals surface area contributed by atoms with Crippen molar-refractivity contribution in [3.63, 3.8) is 0 Å². The average molecular weight is 257 g/mol. The molecule has 0 aliphatic carbocycles. The van der Waals surface area contributed by atoms with Crippen molar-refractivity contribution in [2.45, 2.75) is 63.3 Å². The summed E-state index contributed by atoms with van der Waals surface area (Å²) in [5, 5.41) is 4.64. The fourth-order valence-electron chi connectivity index (χ4n) is 2.74. The third-order valence-electron chi connectivity index (χ3n) is 3.97. The molecule has 2 aliphatic heterocycles. The Kier molecular flexibility index (Phi) is 5.64. The third-order valence-corrected chi connectivity index (χ3v) is 5.36. The molecule has 0 aromatic heterocycles. The predicted molar refractivity (Wildman–Crippen MR) is 75.7 cm³/mol. The molecule has 3 atom stereocenters. The van der Waals surface area contributed by atoms with E-state index in [-0.39, 0.29) is 0 Å². The lowest BCUT2D eigenvalue weighted by atomic mass is 9.95. The van der Waals surface area contributed by atoms with E-state index in [4.69, 9.17) is 4.74 Å². The van der Waals surface area contributed by atoms with Crippen LogP contribution in [0.3, 0.4) is 0 Å². The van der Waals surface area contributed by atoms with E-state index in [9.17, 15) is 0 Å². The van der Waals surface area contributed by atoms with E-state index in [0.717, 1.165) is 11.9 Å². The molecule has 1 N–H and O–H groups in total. The minimum absolute atomic E-state index is 0.472. The topological polar surface area (TPSA) is 21.3 Å². The highest BCUT2D eigenvalue weighted by Gasteiger charge is 2.25. The van der Waals surface area contributed by atoms with Crippen LogP contribution >= 0.6 is 11.8 Å². The lowest BCUT2D eigenvalue weighted by Gasteiger charge is -2.33. The molecule has 0 radical (unpaired) electrons. The molecule has 2 aliphatic rings. The molecule has 2 heterocycles. The molecule has 0 amide bonds. The molecule has 2 nitrogen and oxygen atoms in total. The number of nitrogens with one attached hydrogen (secondary N) is 1. The first kappa shape index (κ1) is 13.7. The highest BCUT2D eigenvalue weighted by atomic mass is 32.2. The van der Waals surface area contributed by atoms with Crippen molar-refractivity contribution < 1.29 is 4.74 Å². The summed E-state index contributed by atoms with van der Waals surface area (Å²) in [5.74, 6) is 2.03. The molecule has 0 saturated carbocycles. The van der Waals surface area contributed by atoms with Gasteiger partial charge in [0.05, 0.1) is 6.10 Å². The molecule has 2 fully saturated rings. The van der Waals surface area contributed by atoms with Gasteiger partial charge in [0.15, 0.2) is 0 Å². The van der Waals surface area contributed by atoms with Gasteiger partial charge in [-0.15, -0.1) is 0 Å². The predicted octanol–water partition coefficient (Wildman–Crippen LogP) is 3.07. The molecule has 0 bridgehead atoms. The molecular weight excluding hydrogens is 230 g/mol. The van der Waals surface area contributed by atoms with E-state index < -0.39 is 0 Å². The van der Waals surface area contributed by atoms with Gasteiger partial charge in [0.2, 0.25) is 0 Å². The van der Waals surface area contributed by atoms with E-state index in [1.807, 2.05) is 0 Å². The maximum absolute atomic E-state index is 5.82. The Morgan fingerprint density at radius 2 is 2.18 bits per heavy atom. The van der Waals surface area contributed by atoms with Crippen LogP contribution in [-0.2, 0) is 4.74 Å². The second-order valence-corrected chi connectivity index (χ2v) is 7.18. The summed E-state index contributed by atoms with van der Waals surface area (Å²) in [5.41, 5.74) is 0. The fraction of sp³-hybridized carbons (Fsp3) is 1.00. The van der Waals surface area contributed by atoms with Crippen LogP contribution in [-0.4, -0.2) is 36.3 Å². The van der Waals surface area contributed by atoms with Crippen LogP contribution in [0.25, 0.3) is 0 Å². The number of thioether (sulfide) groups is 1. The summed E-state index contributed by atoms with van der Waals surface area (Å²) >= 11 is 2.17. The molecule has 0 aromatic carbocycles. The summed E-state index contributed by atoms with van der Waals surface area (Å²) < 4.78 is 5.82. The highest BCUT2D eigenvalue weighted by Crippen LogP contribution is 2.25. The van der Waals surface area contributed by atoms with Gasteiger partial charge in [0.25, 0.3) is 0 Å². The Morgan fingerprint density at radius 1 is 1.29 bits per heavy atom. The number of ether oxygens (including phenoxy) is 1. The minimum atomic E-state index is 0.472. The molecule has 100 valence electrons. The van der Waals surface area contributed by atoms with Gasteiger partial charge in [-0.2, -0.15) is 11.8 Å². The van der Waals surface area contributed by atoms with Crippen LogP contribution in [0, 0.1) is 5.92 Å². The maximum Gasteiger partial charge on any atom is 0.0612 e. The first-order valence-electron chi connectivity index (χ1n) is 7.22. The van der Waals surface area contributed by atoms with Crippen molar-refractivity contribution in [3.05, 3.63) is 0 Å². The highest BCUT2D eigenvalue weighted by molar-refractivity contribution is 7.99. The van der Waals surface area contributed by atoms with Crippen LogP contribution in [0.2, 0.25) is 0 Å². The van der Waals surface area contributed by atoms with Crippen LogP contribution in [0.1, 0.15) is 46.0 Å². The SMILES string of the molecule is CC(C)C1CC(NCC2CCCCS2)CCO1. The van der Waals surface area contributed by atoms with Crippen molar-refractivity contribution >= 4 is 11.8 Å². The van der Waals surface area contributed by atoms with Crippen LogP contribution in [0.4, 0.5) is 0 Å². The van der Waals surface area contributed by atoms with Crippen molar-refractivity contribution in [1.29, 1.82) is 0 Å². The van der Waals surface area contributed by atoms with Gasteiger partial charge >= 0.3 is 0 Å². The largest absolute Gasteiger partial charge is 0.378 e. The lowest BCUT2D eigenvalue weighted by Crippen LogP contribution is -2.43. The maximum atomic E-state index is 5.82. The Labute approximate surface area is 110 Å². The van der Waals surface area contributed by atoms with Gasteiger partial charge in [0.1, 0.15) is 0 Å². The summed E-state index contributed by atoms with van der Waals surface area (Å²) in [6, 6.07) is 0.693. The third kappa shape index (κ3) is 4.46. The lowest BCUT2D eigenvalue weighted by molar-refractivity contribution is -0.0242. The zero-order chi connectivity index (χ0) is 12.1. The number of hydrogen-bond acceptors (Lipinski definition) is 3. The van der Waals surface area contributed by atoms with E-state index >= 15 is 0 Å². The van der Waals surface area contributed by atoms with Crippen LogP contribution in [0.15, 0.2) is 0 Å². The van der Waals surface area contributed by atoms with Gasteiger partial charge in [-0.1, -0.05) is 20.3 Å². The van der Waals surface area contributed by atoms with E-state index in [0.29, 0.717) is 18.1 Å². The van der Waals surface area contributed by atoms with Gasteiger partial charge < -0.3 is 10.1 Å². The zero-order valence-corrected chi connectivity index (χ0v) is 12.1. The number of rotatable bonds is 4. The van der Waals surface area contributed by atoms with Crippen molar-refractivity contribution in [2.24, 2.45) is 5.92 Å². The van der Waals surface area contributed by atoms with E-state index in [2.05, 4.69) is 30.9 Å².